The summed E-state index contributed by atoms with van der Waals surface area (Å²) in [6.45, 7) is 0.929. The van der Waals surface area contributed by atoms with Gasteiger partial charge in [-0.25, -0.2) is 9.59 Å². The van der Waals surface area contributed by atoms with Crippen LogP contribution < -0.4 is 9.47 Å². The third-order valence-electron chi connectivity index (χ3n) is 4.98. The van der Waals surface area contributed by atoms with Gasteiger partial charge in [0.1, 0.15) is 13.2 Å². The van der Waals surface area contributed by atoms with Crippen LogP contribution in [0.2, 0.25) is 0 Å². The third-order valence-corrected chi connectivity index (χ3v) is 4.98. The second-order valence-corrected chi connectivity index (χ2v) is 7.18. The standard InChI is InChI=1S/C28H20O6/c1-31-27(29)21-9-3-19(4-10-21)7-13-23-17-25-26(34-16-15-33-25)18-24(23)14-8-20-5-11-22(12-6-20)28(30)32-2/h3-6,9-12,17-18H,15-16H2,1-2H3. The molecule has 1 aliphatic rings. The minimum Gasteiger partial charge on any atom is -0.486 e. The van der Waals surface area contributed by atoms with Crippen molar-refractivity contribution in [2.24, 2.45) is 0 Å². The van der Waals surface area contributed by atoms with Gasteiger partial charge in [-0.2, -0.15) is 0 Å². The van der Waals surface area contributed by atoms with Gasteiger partial charge in [-0.1, -0.05) is 23.7 Å². The van der Waals surface area contributed by atoms with Crippen LogP contribution in [0.5, 0.6) is 11.5 Å². The Balaban J connectivity index is 1.66. The van der Waals surface area contributed by atoms with E-state index in [-0.39, 0.29) is 0 Å². The fourth-order valence-corrected chi connectivity index (χ4v) is 3.19. The van der Waals surface area contributed by atoms with Gasteiger partial charge in [0.15, 0.2) is 11.5 Å². The van der Waals surface area contributed by atoms with E-state index in [2.05, 4.69) is 23.7 Å². The Labute approximate surface area is 197 Å². The van der Waals surface area contributed by atoms with Gasteiger partial charge in [-0.05, 0) is 48.5 Å². The van der Waals surface area contributed by atoms with E-state index in [9.17, 15) is 9.59 Å². The highest BCUT2D eigenvalue weighted by atomic mass is 16.6. The molecule has 1 aliphatic heterocycles. The van der Waals surface area contributed by atoms with Crippen LogP contribution in [0.4, 0.5) is 0 Å². The summed E-state index contributed by atoms with van der Waals surface area (Å²) in [5, 5.41) is 0. The highest BCUT2D eigenvalue weighted by molar-refractivity contribution is 5.89. The highest BCUT2D eigenvalue weighted by Gasteiger charge is 2.14. The van der Waals surface area contributed by atoms with Gasteiger partial charge in [0.05, 0.1) is 25.3 Å². The lowest BCUT2D eigenvalue weighted by molar-refractivity contribution is 0.0592. The van der Waals surface area contributed by atoms with Gasteiger partial charge in [-0.3, -0.25) is 0 Å². The number of methoxy groups -OCH3 is 2. The van der Waals surface area contributed by atoms with Crippen LogP contribution >= 0.6 is 0 Å². The van der Waals surface area contributed by atoms with Crippen LogP contribution in [-0.2, 0) is 9.47 Å². The van der Waals surface area contributed by atoms with Crippen LogP contribution in [0.25, 0.3) is 0 Å². The van der Waals surface area contributed by atoms with Crippen molar-refractivity contribution in [3.63, 3.8) is 0 Å². The van der Waals surface area contributed by atoms with Crippen molar-refractivity contribution < 1.29 is 28.5 Å². The molecule has 3 aromatic carbocycles. The minimum atomic E-state index is -0.400. The second-order valence-electron chi connectivity index (χ2n) is 7.18. The van der Waals surface area contributed by atoms with Crippen molar-refractivity contribution in [3.8, 4) is 35.2 Å². The summed E-state index contributed by atoms with van der Waals surface area (Å²) in [5.41, 5.74) is 3.74. The molecule has 0 saturated carbocycles. The van der Waals surface area contributed by atoms with Crippen LogP contribution in [0.3, 0.4) is 0 Å². The molecule has 0 aliphatic carbocycles. The number of hydrogen-bond donors (Lipinski definition) is 0. The molecular formula is C28H20O6. The van der Waals surface area contributed by atoms with Gasteiger partial charge in [0, 0.05) is 34.4 Å². The molecule has 6 nitrogen and oxygen atoms in total. The lowest BCUT2D eigenvalue weighted by Gasteiger charge is -2.19. The van der Waals surface area contributed by atoms with E-state index < -0.39 is 11.9 Å². The monoisotopic (exact) mass is 452 g/mol. The van der Waals surface area contributed by atoms with Crippen molar-refractivity contribution in [1.82, 2.24) is 0 Å². The topological polar surface area (TPSA) is 71.1 Å². The molecule has 0 bridgehead atoms. The number of ether oxygens (including phenoxy) is 4. The zero-order chi connectivity index (χ0) is 23.9. The van der Waals surface area contributed by atoms with Crippen molar-refractivity contribution >= 4 is 11.9 Å². The van der Waals surface area contributed by atoms with E-state index in [0.29, 0.717) is 47.0 Å². The fourth-order valence-electron chi connectivity index (χ4n) is 3.19. The van der Waals surface area contributed by atoms with Crippen molar-refractivity contribution in [2.45, 2.75) is 0 Å². The molecule has 0 N–H and O–H groups in total. The van der Waals surface area contributed by atoms with E-state index in [1.54, 1.807) is 48.5 Å². The van der Waals surface area contributed by atoms with Crippen molar-refractivity contribution in [3.05, 3.63) is 94.0 Å². The highest BCUT2D eigenvalue weighted by Crippen LogP contribution is 2.32. The lowest BCUT2D eigenvalue weighted by Crippen LogP contribution is -2.15. The summed E-state index contributed by atoms with van der Waals surface area (Å²) < 4.78 is 20.8. The minimum absolute atomic E-state index is 0.400. The molecule has 0 amide bonds. The Hall–Kier alpha value is -4.68. The molecule has 3 aromatic rings. The van der Waals surface area contributed by atoms with E-state index in [4.69, 9.17) is 18.9 Å². The van der Waals surface area contributed by atoms with Crippen molar-refractivity contribution in [2.75, 3.05) is 27.4 Å². The maximum Gasteiger partial charge on any atom is 0.337 e. The summed E-state index contributed by atoms with van der Waals surface area (Å²) in [4.78, 5) is 23.2. The summed E-state index contributed by atoms with van der Waals surface area (Å²) in [5.74, 6) is 12.9. The van der Waals surface area contributed by atoms with Gasteiger partial charge in [0.25, 0.3) is 0 Å². The molecule has 34 heavy (non-hydrogen) atoms. The molecule has 0 spiro atoms. The van der Waals surface area contributed by atoms with Gasteiger partial charge >= 0.3 is 11.9 Å². The Bertz CT molecular complexity index is 1240. The van der Waals surface area contributed by atoms with E-state index in [0.717, 1.165) is 11.1 Å². The van der Waals surface area contributed by atoms with Crippen LogP contribution in [-0.4, -0.2) is 39.4 Å². The zero-order valence-corrected chi connectivity index (χ0v) is 18.6. The van der Waals surface area contributed by atoms with Crippen LogP contribution in [0.1, 0.15) is 43.0 Å². The number of carbonyl (C=O) groups excluding carboxylic acids is 2. The first-order valence-electron chi connectivity index (χ1n) is 10.4. The Morgan fingerprint density at radius 1 is 0.647 bits per heavy atom. The summed E-state index contributed by atoms with van der Waals surface area (Å²) >= 11 is 0. The molecular weight excluding hydrogens is 432 g/mol. The largest absolute Gasteiger partial charge is 0.486 e. The average Bonchev–Trinajstić information content (AvgIpc) is 2.90. The van der Waals surface area contributed by atoms with Crippen LogP contribution in [0, 0.1) is 23.7 Å². The first-order valence-corrected chi connectivity index (χ1v) is 10.4. The fraction of sp³-hybridized carbons (Fsp3) is 0.143. The number of fused-ring (bicyclic) bond motifs is 1. The molecule has 6 heteroatoms. The smallest absolute Gasteiger partial charge is 0.337 e. The number of rotatable bonds is 2. The van der Waals surface area contributed by atoms with Crippen molar-refractivity contribution in [1.29, 1.82) is 0 Å². The number of esters is 2. The molecule has 0 saturated heterocycles. The Kier molecular flexibility index (Phi) is 6.81. The van der Waals surface area contributed by atoms with E-state index in [1.807, 2.05) is 12.1 Å². The van der Waals surface area contributed by atoms with Gasteiger partial charge in [-0.15, -0.1) is 0 Å². The van der Waals surface area contributed by atoms with E-state index >= 15 is 0 Å². The predicted octanol–water partition coefficient (Wildman–Crippen LogP) is 3.83. The number of benzene rings is 3. The third kappa shape index (κ3) is 5.20. The molecule has 0 radical (unpaired) electrons. The second kappa shape index (κ2) is 10.3. The normalized spacial score (nSPS) is 11.2. The average molecular weight is 452 g/mol. The quantitative estimate of drug-likeness (QED) is 0.435. The number of carbonyl (C=O) groups is 2. The molecule has 0 unspecified atom stereocenters. The molecule has 0 aromatic heterocycles. The van der Waals surface area contributed by atoms with Gasteiger partial charge in [0.2, 0.25) is 0 Å². The zero-order valence-electron chi connectivity index (χ0n) is 18.6. The summed E-state index contributed by atoms with van der Waals surface area (Å²) in [6.07, 6.45) is 0. The predicted molar refractivity (Wildman–Crippen MR) is 125 cm³/mol. The first kappa shape index (κ1) is 22.5. The number of hydrogen-bond acceptors (Lipinski definition) is 6. The SMILES string of the molecule is COC(=O)c1ccc(C#Cc2cc3c(cc2C#Cc2ccc(C(=O)OC)cc2)OCCO3)cc1. The molecule has 168 valence electrons. The molecule has 4 rings (SSSR count). The molecule has 1 heterocycles. The van der Waals surface area contributed by atoms with Crippen LogP contribution in [0.15, 0.2) is 60.7 Å². The summed E-state index contributed by atoms with van der Waals surface area (Å²) in [6, 6.07) is 17.3. The summed E-state index contributed by atoms with van der Waals surface area (Å²) in [7, 11) is 2.68. The Morgan fingerprint density at radius 2 is 1.03 bits per heavy atom. The van der Waals surface area contributed by atoms with Gasteiger partial charge < -0.3 is 18.9 Å². The molecule has 0 fully saturated rings. The molecule has 0 atom stereocenters. The Morgan fingerprint density at radius 3 is 1.38 bits per heavy atom. The lowest BCUT2D eigenvalue weighted by atomic mass is 10.0. The van der Waals surface area contributed by atoms with E-state index in [1.165, 1.54) is 14.2 Å². The maximum absolute atomic E-state index is 11.6. The maximum atomic E-state index is 11.6. The first-order chi connectivity index (χ1) is 16.6.